The predicted molar refractivity (Wildman–Crippen MR) is 90.3 cm³/mol. The zero-order valence-electron chi connectivity index (χ0n) is 13.1. The Balaban J connectivity index is 1.60. The Morgan fingerprint density at radius 3 is 2.79 bits per heavy atom. The average molecular weight is 338 g/mol. The fraction of sp³-hybridized carbons (Fsp3) is 0.188. The molecule has 0 fully saturated rings. The SMILES string of the molecule is CC(Sc1ncnc2c1cnn2C)c1nnc(-c2ccccc2)o1. The lowest BCUT2D eigenvalue weighted by Gasteiger charge is -2.06. The molecular weight excluding hydrogens is 324 g/mol. The van der Waals surface area contributed by atoms with Crippen molar-refractivity contribution in [2.24, 2.45) is 7.05 Å². The minimum atomic E-state index is -0.0340. The smallest absolute Gasteiger partial charge is 0.247 e. The summed E-state index contributed by atoms with van der Waals surface area (Å²) < 4.78 is 7.54. The standard InChI is InChI=1S/C16H14N6OS/c1-10(14-20-21-15(23-14)11-6-4-3-5-7-11)24-16-12-8-19-22(2)13(12)17-9-18-16/h3-10H,1-2H3. The Morgan fingerprint density at radius 1 is 1.12 bits per heavy atom. The first-order valence-electron chi connectivity index (χ1n) is 7.40. The number of rotatable bonds is 4. The first kappa shape index (κ1) is 14.8. The minimum absolute atomic E-state index is 0.0340. The highest BCUT2D eigenvalue weighted by atomic mass is 32.2. The molecule has 1 aromatic carbocycles. The lowest BCUT2D eigenvalue weighted by molar-refractivity contribution is 0.509. The zero-order chi connectivity index (χ0) is 16.5. The maximum Gasteiger partial charge on any atom is 0.247 e. The van der Waals surface area contributed by atoms with Gasteiger partial charge in [0, 0.05) is 12.6 Å². The second kappa shape index (κ2) is 6.04. The molecule has 4 rings (SSSR count). The molecule has 24 heavy (non-hydrogen) atoms. The summed E-state index contributed by atoms with van der Waals surface area (Å²) in [5.74, 6) is 1.08. The van der Waals surface area contributed by atoms with Crippen LogP contribution in [0.5, 0.6) is 0 Å². The van der Waals surface area contributed by atoms with E-state index in [1.165, 1.54) is 0 Å². The Kier molecular flexibility index (Phi) is 3.73. The third-order valence-corrected chi connectivity index (χ3v) is 4.69. The molecule has 1 unspecified atom stereocenters. The first-order chi connectivity index (χ1) is 11.7. The van der Waals surface area contributed by atoms with Gasteiger partial charge >= 0.3 is 0 Å². The fourth-order valence-corrected chi connectivity index (χ4v) is 3.26. The normalized spacial score (nSPS) is 12.6. The van der Waals surface area contributed by atoms with Gasteiger partial charge in [-0.3, -0.25) is 4.68 Å². The molecule has 120 valence electrons. The van der Waals surface area contributed by atoms with Gasteiger partial charge in [0.2, 0.25) is 11.8 Å². The molecule has 0 radical (unpaired) electrons. The monoisotopic (exact) mass is 338 g/mol. The van der Waals surface area contributed by atoms with Gasteiger partial charge in [-0.15, -0.1) is 10.2 Å². The summed E-state index contributed by atoms with van der Waals surface area (Å²) in [6.07, 6.45) is 3.32. The van der Waals surface area contributed by atoms with E-state index in [4.69, 9.17) is 4.42 Å². The number of aryl methyl sites for hydroxylation is 1. The van der Waals surface area contributed by atoms with Crippen LogP contribution in [0.2, 0.25) is 0 Å². The van der Waals surface area contributed by atoms with E-state index < -0.39 is 0 Å². The Hall–Kier alpha value is -2.74. The molecule has 0 saturated heterocycles. The minimum Gasteiger partial charge on any atom is -0.419 e. The van der Waals surface area contributed by atoms with Crippen LogP contribution < -0.4 is 0 Å². The highest BCUT2D eigenvalue weighted by Crippen LogP contribution is 2.36. The van der Waals surface area contributed by atoms with Crippen LogP contribution in [-0.4, -0.2) is 29.9 Å². The molecule has 0 saturated carbocycles. The van der Waals surface area contributed by atoms with E-state index in [0.29, 0.717) is 11.8 Å². The second-order valence-corrected chi connectivity index (χ2v) is 6.59. The molecule has 0 amide bonds. The zero-order valence-corrected chi connectivity index (χ0v) is 13.9. The summed E-state index contributed by atoms with van der Waals surface area (Å²) in [6, 6.07) is 9.72. The van der Waals surface area contributed by atoms with Crippen LogP contribution in [-0.2, 0) is 7.05 Å². The highest BCUT2D eigenvalue weighted by molar-refractivity contribution is 7.99. The second-order valence-electron chi connectivity index (χ2n) is 5.26. The van der Waals surface area contributed by atoms with Crippen LogP contribution in [0.25, 0.3) is 22.5 Å². The van der Waals surface area contributed by atoms with Gasteiger partial charge < -0.3 is 4.42 Å². The fourth-order valence-electron chi connectivity index (χ4n) is 2.35. The van der Waals surface area contributed by atoms with Gasteiger partial charge in [0.15, 0.2) is 5.65 Å². The summed E-state index contributed by atoms with van der Waals surface area (Å²) in [4.78, 5) is 8.61. The number of nitrogens with zero attached hydrogens (tertiary/aromatic N) is 6. The molecule has 0 spiro atoms. The highest BCUT2D eigenvalue weighted by Gasteiger charge is 2.19. The van der Waals surface area contributed by atoms with Crippen molar-refractivity contribution in [1.82, 2.24) is 29.9 Å². The van der Waals surface area contributed by atoms with Crippen LogP contribution in [0.3, 0.4) is 0 Å². The van der Waals surface area contributed by atoms with Crippen molar-refractivity contribution in [1.29, 1.82) is 0 Å². The first-order valence-corrected chi connectivity index (χ1v) is 8.28. The van der Waals surface area contributed by atoms with Crippen LogP contribution in [0.4, 0.5) is 0 Å². The maximum atomic E-state index is 5.81. The molecule has 0 aliphatic rings. The van der Waals surface area contributed by atoms with E-state index in [1.807, 2.05) is 44.3 Å². The Labute approximate surface area is 142 Å². The number of benzene rings is 1. The summed E-state index contributed by atoms with van der Waals surface area (Å²) in [6.45, 7) is 2.01. The number of thioether (sulfide) groups is 1. The third-order valence-electron chi connectivity index (χ3n) is 3.59. The molecular formula is C16H14N6OS. The van der Waals surface area contributed by atoms with Crippen molar-refractivity contribution in [2.75, 3.05) is 0 Å². The predicted octanol–water partition coefficient (Wildman–Crippen LogP) is 3.27. The topological polar surface area (TPSA) is 82.5 Å². The van der Waals surface area contributed by atoms with Crippen LogP contribution >= 0.6 is 11.8 Å². The van der Waals surface area contributed by atoms with Crippen molar-refractivity contribution in [3.8, 4) is 11.5 Å². The van der Waals surface area contributed by atoms with Gasteiger partial charge in [0.25, 0.3) is 0 Å². The molecule has 0 bridgehead atoms. The number of hydrogen-bond donors (Lipinski definition) is 0. The molecule has 7 nitrogen and oxygen atoms in total. The largest absolute Gasteiger partial charge is 0.419 e. The lowest BCUT2D eigenvalue weighted by Crippen LogP contribution is -1.94. The van der Waals surface area contributed by atoms with Crippen molar-refractivity contribution in [3.05, 3.63) is 48.7 Å². The van der Waals surface area contributed by atoms with Crippen molar-refractivity contribution >= 4 is 22.8 Å². The quantitative estimate of drug-likeness (QED) is 0.417. The number of hydrogen-bond acceptors (Lipinski definition) is 7. The summed E-state index contributed by atoms with van der Waals surface area (Å²) in [5, 5.41) is 14.3. The van der Waals surface area contributed by atoms with Crippen LogP contribution in [0.15, 0.2) is 52.3 Å². The van der Waals surface area contributed by atoms with Gasteiger partial charge in [0.05, 0.1) is 16.8 Å². The molecule has 8 heteroatoms. The van der Waals surface area contributed by atoms with Crippen LogP contribution in [0.1, 0.15) is 18.1 Å². The maximum absolute atomic E-state index is 5.81. The average Bonchev–Trinajstić information content (AvgIpc) is 3.24. The van der Waals surface area contributed by atoms with E-state index >= 15 is 0 Å². The third kappa shape index (κ3) is 2.65. The van der Waals surface area contributed by atoms with E-state index in [2.05, 4.69) is 25.3 Å². The molecule has 3 heterocycles. The van der Waals surface area contributed by atoms with Gasteiger partial charge in [-0.25, -0.2) is 9.97 Å². The van der Waals surface area contributed by atoms with Gasteiger partial charge in [-0.05, 0) is 19.1 Å². The van der Waals surface area contributed by atoms with Crippen LogP contribution in [0, 0.1) is 0 Å². The summed E-state index contributed by atoms with van der Waals surface area (Å²) >= 11 is 1.55. The summed E-state index contributed by atoms with van der Waals surface area (Å²) in [7, 11) is 1.86. The van der Waals surface area contributed by atoms with Gasteiger partial charge in [0.1, 0.15) is 11.4 Å². The van der Waals surface area contributed by atoms with E-state index in [9.17, 15) is 0 Å². The van der Waals surface area contributed by atoms with E-state index in [1.54, 1.807) is 29.0 Å². The van der Waals surface area contributed by atoms with Crippen molar-refractivity contribution in [3.63, 3.8) is 0 Å². The number of aromatic nitrogens is 6. The van der Waals surface area contributed by atoms with Crippen molar-refractivity contribution < 1.29 is 4.42 Å². The lowest BCUT2D eigenvalue weighted by atomic mass is 10.2. The van der Waals surface area contributed by atoms with Gasteiger partial charge in [-0.1, -0.05) is 30.0 Å². The Morgan fingerprint density at radius 2 is 1.96 bits per heavy atom. The van der Waals surface area contributed by atoms with Gasteiger partial charge in [-0.2, -0.15) is 5.10 Å². The molecule has 0 aliphatic carbocycles. The molecule has 4 aromatic rings. The molecule has 0 aliphatic heterocycles. The Bertz CT molecular complexity index is 981. The molecule has 1 atom stereocenters. The van der Waals surface area contributed by atoms with Crippen molar-refractivity contribution in [2.45, 2.75) is 17.2 Å². The van der Waals surface area contributed by atoms with E-state index in [0.717, 1.165) is 21.6 Å². The number of fused-ring (bicyclic) bond motifs is 1. The van der Waals surface area contributed by atoms with E-state index in [-0.39, 0.29) is 5.25 Å². The molecule has 0 N–H and O–H groups in total. The summed E-state index contributed by atoms with van der Waals surface area (Å²) in [5.41, 5.74) is 1.71. The molecule has 3 aromatic heterocycles.